The third-order valence-electron chi connectivity index (χ3n) is 2.93. The molecule has 0 radical (unpaired) electrons. The molecule has 1 fully saturated rings. The van der Waals surface area contributed by atoms with E-state index in [0.29, 0.717) is 6.42 Å². The molecule has 12 heavy (non-hydrogen) atoms. The first-order valence-corrected chi connectivity index (χ1v) is 6.15. The van der Waals surface area contributed by atoms with E-state index in [4.69, 9.17) is 5.73 Å². The van der Waals surface area contributed by atoms with Gasteiger partial charge in [-0.25, -0.2) is 8.42 Å². The highest BCUT2D eigenvalue weighted by molar-refractivity contribution is 7.91. The van der Waals surface area contributed by atoms with Crippen LogP contribution in [-0.4, -0.2) is 26.0 Å². The summed E-state index contributed by atoms with van der Waals surface area (Å²) in [4.78, 5) is 0. The number of hydrogen-bond acceptors (Lipinski definition) is 3. The highest BCUT2D eigenvalue weighted by atomic mass is 32.2. The van der Waals surface area contributed by atoms with Gasteiger partial charge in [-0.05, 0) is 18.3 Å². The van der Waals surface area contributed by atoms with E-state index >= 15 is 0 Å². The van der Waals surface area contributed by atoms with Crippen LogP contribution in [0, 0.1) is 5.41 Å². The van der Waals surface area contributed by atoms with Crippen LogP contribution in [0.3, 0.4) is 0 Å². The van der Waals surface area contributed by atoms with Gasteiger partial charge in [0.25, 0.3) is 0 Å². The van der Waals surface area contributed by atoms with E-state index in [2.05, 4.69) is 0 Å². The van der Waals surface area contributed by atoms with Gasteiger partial charge in [-0.2, -0.15) is 0 Å². The SMILES string of the molecule is CC1(C)CCC(S(C)(=O)=O)C1N. The Morgan fingerprint density at radius 1 is 1.42 bits per heavy atom. The lowest BCUT2D eigenvalue weighted by molar-refractivity contribution is 0.332. The average Bonchev–Trinajstić information content (AvgIpc) is 2.06. The lowest BCUT2D eigenvalue weighted by Gasteiger charge is -2.25. The summed E-state index contributed by atoms with van der Waals surface area (Å²) in [6.45, 7) is 4.06. The predicted octanol–water partition coefficient (Wildman–Crippen LogP) is 0.547. The molecule has 1 aliphatic rings. The van der Waals surface area contributed by atoms with Crippen LogP contribution in [-0.2, 0) is 9.84 Å². The summed E-state index contributed by atoms with van der Waals surface area (Å²) < 4.78 is 22.5. The topological polar surface area (TPSA) is 60.2 Å². The van der Waals surface area contributed by atoms with Gasteiger partial charge in [-0.3, -0.25) is 0 Å². The molecule has 4 heteroatoms. The van der Waals surface area contributed by atoms with E-state index in [1.54, 1.807) is 0 Å². The number of nitrogens with two attached hydrogens (primary N) is 1. The molecule has 0 aromatic carbocycles. The Kier molecular flexibility index (Phi) is 2.25. The van der Waals surface area contributed by atoms with Crippen molar-refractivity contribution < 1.29 is 8.42 Å². The van der Waals surface area contributed by atoms with Crippen molar-refractivity contribution in [2.45, 2.75) is 38.0 Å². The molecule has 0 spiro atoms. The molecule has 2 atom stereocenters. The van der Waals surface area contributed by atoms with Gasteiger partial charge in [0.1, 0.15) is 0 Å². The fraction of sp³-hybridized carbons (Fsp3) is 1.00. The van der Waals surface area contributed by atoms with Crippen molar-refractivity contribution in [2.24, 2.45) is 11.1 Å². The summed E-state index contributed by atoms with van der Waals surface area (Å²) in [5.74, 6) is 0. The summed E-state index contributed by atoms with van der Waals surface area (Å²) in [5.41, 5.74) is 5.84. The van der Waals surface area contributed by atoms with Crippen LogP contribution < -0.4 is 5.73 Å². The van der Waals surface area contributed by atoms with Crippen LogP contribution in [0.25, 0.3) is 0 Å². The highest BCUT2D eigenvalue weighted by Crippen LogP contribution is 2.38. The molecular formula is C8H17NO2S. The predicted molar refractivity (Wildman–Crippen MR) is 49.6 cm³/mol. The molecule has 0 bridgehead atoms. The van der Waals surface area contributed by atoms with Crippen LogP contribution in [0.4, 0.5) is 0 Å². The van der Waals surface area contributed by atoms with Crippen molar-refractivity contribution in [3.8, 4) is 0 Å². The Balaban J connectivity index is 2.89. The summed E-state index contributed by atoms with van der Waals surface area (Å²) in [5, 5.41) is -0.326. The van der Waals surface area contributed by atoms with E-state index in [1.165, 1.54) is 6.26 Å². The van der Waals surface area contributed by atoms with E-state index in [1.807, 2.05) is 13.8 Å². The van der Waals surface area contributed by atoms with Crippen molar-refractivity contribution in [1.29, 1.82) is 0 Å². The Morgan fingerprint density at radius 3 is 2.08 bits per heavy atom. The number of sulfone groups is 1. The molecular weight excluding hydrogens is 174 g/mol. The second-order valence-corrected chi connectivity index (χ2v) is 6.69. The minimum Gasteiger partial charge on any atom is -0.326 e. The van der Waals surface area contributed by atoms with E-state index in [0.717, 1.165) is 6.42 Å². The molecule has 0 aromatic heterocycles. The maximum Gasteiger partial charge on any atom is 0.151 e. The number of hydrogen-bond donors (Lipinski definition) is 1. The molecule has 1 aliphatic carbocycles. The van der Waals surface area contributed by atoms with Gasteiger partial charge in [0.15, 0.2) is 9.84 Å². The third-order valence-corrected chi connectivity index (χ3v) is 4.55. The van der Waals surface area contributed by atoms with Crippen LogP contribution in [0.1, 0.15) is 26.7 Å². The zero-order chi connectivity index (χ0) is 9.57. The standard InChI is InChI=1S/C8H17NO2S/c1-8(2)5-4-6(7(8)9)12(3,10)11/h6-7H,4-5,9H2,1-3H3. The van der Waals surface area contributed by atoms with Crippen molar-refractivity contribution in [2.75, 3.05) is 6.26 Å². The van der Waals surface area contributed by atoms with Gasteiger partial charge in [0.05, 0.1) is 5.25 Å². The molecule has 0 amide bonds. The zero-order valence-electron chi connectivity index (χ0n) is 7.87. The smallest absolute Gasteiger partial charge is 0.151 e. The lowest BCUT2D eigenvalue weighted by atomic mass is 9.88. The molecule has 3 nitrogen and oxygen atoms in total. The van der Waals surface area contributed by atoms with Gasteiger partial charge in [0.2, 0.25) is 0 Å². The first-order valence-electron chi connectivity index (χ1n) is 4.19. The quantitative estimate of drug-likeness (QED) is 0.658. The van der Waals surface area contributed by atoms with Crippen molar-refractivity contribution in [3.05, 3.63) is 0 Å². The van der Waals surface area contributed by atoms with Gasteiger partial charge in [-0.1, -0.05) is 13.8 Å². The molecule has 2 unspecified atom stereocenters. The van der Waals surface area contributed by atoms with E-state index in [9.17, 15) is 8.42 Å². The van der Waals surface area contributed by atoms with Gasteiger partial charge >= 0.3 is 0 Å². The molecule has 0 aliphatic heterocycles. The Morgan fingerprint density at radius 2 is 1.92 bits per heavy atom. The van der Waals surface area contributed by atoms with Crippen LogP contribution >= 0.6 is 0 Å². The summed E-state index contributed by atoms with van der Waals surface area (Å²) in [7, 11) is -2.95. The first-order chi connectivity index (χ1) is 5.25. The average molecular weight is 191 g/mol. The maximum atomic E-state index is 11.3. The molecule has 1 saturated carbocycles. The summed E-state index contributed by atoms with van der Waals surface area (Å²) in [6.07, 6.45) is 2.90. The lowest BCUT2D eigenvalue weighted by Crippen LogP contribution is -2.43. The normalized spacial score (nSPS) is 35.3. The fourth-order valence-electron chi connectivity index (χ4n) is 1.84. The van der Waals surface area contributed by atoms with Crippen LogP contribution in [0.2, 0.25) is 0 Å². The third kappa shape index (κ3) is 1.64. The Labute approximate surface area is 74.3 Å². The molecule has 0 saturated heterocycles. The van der Waals surface area contributed by atoms with Crippen LogP contribution in [0.5, 0.6) is 0 Å². The van der Waals surface area contributed by atoms with Crippen molar-refractivity contribution in [1.82, 2.24) is 0 Å². The van der Waals surface area contributed by atoms with Crippen molar-refractivity contribution in [3.63, 3.8) is 0 Å². The highest BCUT2D eigenvalue weighted by Gasteiger charge is 2.44. The first kappa shape index (κ1) is 9.99. The monoisotopic (exact) mass is 191 g/mol. The summed E-state index contributed by atoms with van der Waals surface area (Å²) >= 11 is 0. The maximum absolute atomic E-state index is 11.3. The van der Waals surface area contributed by atoms with Gasteiger partial charge in [0, 0.05) is 12.3 Å². The second kappa shape index (κ2) is 2.70. The van der Waals surface area contributed by atoms with Gasteiger partial charge < -0.3 is 5.73 Å². The molecule has 2 N–H and O–H groups in total. The van der Waals surface area contributed by atoms with Gasteiger partial charge in [-0.15, -0.1) is 0 Å². The largest absolute Gasteiger partial charge is 0.326 e. The second-order valence-electron chi connectivity index (χ2n) is 4.42. The summed E-state index contributed by atoms with van der Waals surface area (Å²) in [6, 6.07) is -0.201. The number of rotatable bonds is 1. The Hall–Kier alpha value is -0.0900. The fourth-order valence-corrected chi connectivity index (χ4v) is 3.29. The molecule has 72 valence electrons. The van der Waals surface area contributed by atoms with E-state index in [-0.39, 0.29) is 16.7 Å². The molecule has 0 heterocycles. The minimum absolute atomic E-state index is 0.0201. The molecule has 1 rings (SSSR count). The van der Waals surface area contributed by atoms with Crippen LogP contribution in [0.15, 0.2) is 0 Å². The van der Waals surface area contributed by atoms with E-state index < -0.39 is 9.84 Å². The zero-order valence-corrected chi connectivity index (χ0v) is 8.69. The Bertz CT molecular complexity index is 269. The van der Waals surface area contributed by atoms with Crippen molar-refractivity contribution >= 4 is 9.84 Å². The minimum atomic E-state index is -2.95. The molecule has 0 aromatic rings.